The Morgan fingerprint density at radius 1 is 1.32 bits per heavy atom. The van der Waals surface area contributed by atoms with Gasteiger partial charge in [0.2, 0.25) is 0 Å². The van der Waals surface area contributed by atoms with Crippen LogP contribution in [0.15, 0.2) is 30.3 Å². The molecule has 1 aromatic carbocycles. The summed E-state index contributed by atoms with van der Waals surface area (Å²) in [6, 6.07) is 9.98. The van der Waals surface area contributed by atoms with Gasteiger partial charge in [0.15, 0.2) is 0 Å². The molecule has 1 aliphatic heterocycles. The van der Waals surface area contributed by atoms with Gasteiger partial charge in [-0.15, -0.1) is 0 Å². The van der Waals surface area contributed by atoms with Crippen molar-refractivity contribution in [3.05, 3.63) is 35.9 Å². The number of hydrogen-bond acceptors (Lipinski definition) is 2. The van der Waals surface area contributed by atoms with E-state index in [0.717, 1.165) is 18.5 Å². The monoisotopic (exact) mass is 281 g/mol. The van der Waals surface area contributed by atoms with Gasteiger partial charge in [-0.3, -0.25) is 4.57 Å². The Balaban J connectivity index is 2.27. The third kappa shape index (κ3) is 3.47. The number of benzene rings is 1. The summed E-state index contributed by atoms with van der Waals surface area (Å²) in [6.07, 6.45) is 1.51. The summed E-state index contributed by atoms with van der Waals surface area (Å²) in [5, 5.41) is 0. The maximum absolute atomic E-state index is 13.3. The molecule has 0 aliphatic carbocycles. The highest BCUT2D eigenvalue weighted by atomic mass is 31.2. The molecule has 4 heteroatoms. The zero-order valence-corrected chi connectivity index (χ0v) is 13.2. The summed E-state index contributed by atoms with van der Waals surface area (Å²) in [4.78, 5) is 0. The molecular formula is C15H24NO2P. The van der Waals surface area contributed by atoms with Crippen molar-refractivity contribution < 1.29 is 9.09 Å². The van der Waals surface area contributed by atoms with Crippen molar-refractivity contribution in [2.45, 2.75) is 51.9 Å². The lowest BCUT2D eigenvalue weighted by Gasteiger charge is -2.45. The zero-order valence-electron chi connectivity index (χ0n) is 12.3. The van der Waals surface area contributed by atoms with E-state index in [1.165, 1.54) is 0 Å². The smallest absolute Gasteiger partial charge is 0.277 e. The van der Waals surface area contributed by atoms with Crippen LogP contribution >= 0.6 is 7.52 Å². The predicted molar refractivity (Wildman–Crippen MR) is 79.4 cm³/mol. The fourth-order valence-electron chi connectivity index (χ4n) is 2.58. The summed E-state index contributed by atoms with van der Waals surface area (Å²) in [7, 11) is -2.79. The molecule has 1 heterocycles. The van der Waals surface area contributed by atoms with Gasteiger partial charge in [0.1, 0.15) is 0 Å². The van der Waals surface area contributed by atoms with Crippen LogP contribution in [0.3, 0.4) is 0 Å². The van der Waals surface area contributed by atoms with Gasteiger partial charge in [0, 0.05) is 12.1 Å². The maximum atomic E-state index is 13.3. The molecule has 1 aliphatic rings. The molecule has 2 atom stereocenters. The van der Waals surface area contributed by atoms with E-state index < -0.39 is 7.52 Å². The number of rotatable bonds is 2. The molecule has 0 spiro atoms. The van der Waals surface area contributed by atoms with Crippen LogP contribution in [-0.4, -0.2) is 22.9 Å². The van der Waals surface area contributed by atoms with Crippen molar-refractivity contribution in [1.82, 2.24) is 4.67 Å². The number of nitrogens with zero attached hydrogens (tertiary/aromatic N) is 1. The van der Waals surface area contributed by atoms with Crippen molar-refractivity contribution in [2.24, 2.45) is 0 Å². The van der Waals surface area contributed by atoms with Crippen LogP contribution in [0.5, 0.6) is 0 Å². The van der Waals surface area contributed by atoms with Crippen molar-refractivity contribution in [2.75, 3.05) is 6.54 Å². The van der Waals surface area contributed by atoms with Gasteiger partial charge in [-0.1, -0.05) is 30.3 Å². The van der Waals surface area contributed by atoms with Crippen LogP contribution in [0.25, 0.3) is 0 Å². The Morgan fingerprint density at radius 3 is 2.53 bits per heavy atom. The minimum Gasteiger partial charge on any atom is -0.314 e. The third-order valence-corrected chi connectivity index (χ3v) is 6.45. The van der Waals surface area contributed by atoms with Crippen molar-refractivity contribution in [1.29, 1.82) is 0 Å². The van der Waals surface area contributed by atoms with Gasteiger partial charge in [-0.2, -0.15) is 0 Å². The normalized spacial score (nSPS) is 29.4. The predicted octanol–water partition coefficient (Wildman–Crippen LogP) is 4.29. The molecule has 19 heavy (non-hydrogen) atoms. The topological polar surface area (TPSA) is 29.5 Å². The summed E-state index contributed by atoms with van der Waals surface area (Å²) in [5.74, 6) is 0. The molecule has 3 nitrogen and oxygen atoms in total. The largest absolute Gasteiger partial charge is 0.314 e. The lowest BCUT2D eigenvalue weighted by molar-refractivity contribution is 0.0992. The molecule has 0 saturated carbocycles. The summed E-state index contributed by atoms with van der Waals surface area (Å²) < 4.78 is 21.3. The SMILES string of the molecule is C[C@H]1CCN(C(C)(C)C)[P@@](=O)(Cc2ccccc2)O1. The molecule has 0 aromatic heterocycles. The van der Waals surface area contributed by atoms with Gasteiger partial charge in [-0.05, 0) is 39.7 Å². The Hall–Kier alpha value is -0.630. The molecule has 0 unspecified atom stereocenters. The van der Waals surface area contributed by atoms with E-state index in [4.69, 9.17) is 4.52 Å². The first-order valence-corrected chi connectivity index (χ1v) is 8.67. The van der Waals surface area contributed by atoms with E-state index in [0.29, 0.717) is 6.16 Å². The van der Waals surface area contributed by atoms with Crippen LogP contribution in [0.1, 0.15) is 39.7 Å². The first kappa shape index (κ1) is 14.8. The average Bonchev–Trinajstić information content (AvgIpc) is 2.27. The summed E-state index contributed by atoms with van der Waals surface area (Å²) in [6.45, 7) is 9.16. The van der Waals surface area contributed by atoms with E-state index in [2.05, 4.69) is 25.4 Å². The van der Waals surface area contributed by atoms with Gasteiger partial charge in [0.05, 0.1) is 12.3 Å². The molecule has 0 bridgehead atoms. The van der Waals surface area contributed by atoms with Crippen LogP contribution < -0.4 is 0 Å². The van der Waals surface area contributed by atoms with E-state index in [1.807, 2.05) is 37.3 Å². The second-order valence-electron chi connectivity index (χ2n) is 6.28. The van der Waals surface area contributed by atoms with Crippen molar-refractivity contribution >= 4 is 7.52 Å². The fraction of sp³-hybridized carbons (Fsp3) is 0.600. The minimum atomic E-state index is -2.79. The van der Waals surface area contributed by atoms with Crippen LogP contribution in [0.2, 0.25) is 0 Å². The van der Waals surface area contributed by atoms with Crippen molar-refractivity contribution in [3.8, 4) is 0 Å². The van der Waals surface area contributed by atoms with Gasteiger partial charge >= 0.3 is 0 Å². The highest BCUT2D eigenvalue weighted by Gasteiger charge is 2.43. The molecule has 106 valence electrons. The Morgan fingerprint density at radius 2 is 1.95 bits per heavy atom. The second-order valence-corrected chi connectivity index (χ2v) is 8.56. The zero-order chi connectivity index (χ0) is 14.1. The molecule has 2 rings (SSSR count). The Labute approximate surface area is 116 Å². The third-order valence-electron chi connectivity index (χ3n) is 3.46. The van der Waals surface area contributed by atoms with E-state index in [-0.39, 0.29) is 11.6 Å². The van der Waals surface area contributed by atoms with Crippen molar-refractivity contribution in [3.63, 3.8) is 0 Å². The Bertz CT molecular complexity index is 467. The molecule has 0 N–H and O–H groups in total. The van der Waals surface area contributed by atoms with Gasteiger partial charge in [-0.25, -0.2) is 4.67 Å². The highest BCUT2D eigenvalue weighted by molar-refractivity contribution is 7.55. The Kier molecular flexibility index (Phi) is 4.20. The maximum Gasteiger partial charge on any atom is 0.277 e. The van der Waals surface area contributed by atoms with E-state index >= 15 is 0 Å². The first-order valence-electron chi connectivity index (χ1n) is 6.91. The van der Waals surface area contributed by atoms with Crippen LogP contribution in [0.4, 0.5) is 0 Å². The van der Waals surface area contributed by atoms with Crippen LogP contribution in [0, 0.1) is 0 Å². The van der Waals surface area contributed by atoms with Gasteiger partial charge in [0.25, 0.3) is 7.52 Å². The molecule has 0 amide bonds. The van der Waals surface area contributed by atoms with E-state index in [1.54, 1.807) is 0 Å². The quantitative estimate of drug-likeness (QED) is 0.757. The molecule has 1 saturated heterocycles. The summed E-state index contributed by atoms with van der Waals surface area (Å²) in [5.41, 5.74) is 0.943. The molecule has 1 aromatic rings. The number of hydrogen-bond donors (Lipinski definition) is 0. The van der Waals surface area contributed by atoms with Crippen LogP contribution in [-0.2, 0) is 15.3 Å². The summed E-state index contributed by atoms with van der Waals surface area (Å²) >= 11 is 0. The second kappa shape index (κ2) is 5.40. The highest BCUT2D eigenvalue weighted by Crippen LogP contribution is 2.60. The molecular weight excluding hydrogens is 257 g/mol. The molecule has 1 fully saturated rings. The lowest BCUT2D eigenvalue weighted by Crippen LogP contribution is -2.44. The average molecular weight is 281 g/mol. The lowest BCUT2D eigenvalue weighted by atomic mass is 10.1. The minimum absolute atomic E-state index is 0.0770. The standard InChI is InChI=1S/C15H24NO2P/c1-13-10-11-16(15(2,3)4)19(17,18-13)12-14-8-6-5-7-9-14/h5-9,13H,10-12H2,1-4H3/t13-,19+/m0/s1. The first-order chi connectivity index (χ1) is 8.81. The fourth-order valence-corrected chi connectivity index (χ4v) is 5.61. The molecule has 0 radical (unpaired) electrons. The van der Waals surface area contributed by atoms with Gasteiger partial charge < -0.3 is 4.52 Å². The van der Waals surface area contributed by atoms with E-state index in [9.17, 15) is 4.57 Å².